The fraction of sp³-hybridized carbons (Fsp3) is 0.219. The number of carbonyl (C=O) groups excluding carboxylic acids is 2. The Balaban J connectivity index is 1.37. The van der Waals surface area contributed by atoms with Crippen LogP contribution in [0.5, 0.6) is 0 Å². The van der Waals surface area contributed by atoms with Gasteiger partial charge >= 0.3 is 0 Å². The van der Waals surface area contributed by atoms with Gasteiger partial charge in [0.25, 0.3) is 11.5 Å². The molecule has 1 fully saturated rings. The van der Waals surface area contributed by atoms with E-state index in [-0.39, 0.29) is 29.4 Å². The number of nitrogens with one attached hydrogen (secondary N) is 2. The van der Waals surface area contributed by atoms with Crippen molar-refractivity contribution in [2.75, 3.05) is 18.9 Å². The second kappa shape index (κ2) is 11.8. The van der Waals surface area contributed by atoms with Gasteiger partial charge in [0.1, 0.15) is 23.8 Å². The average Bonchev–Trinajstić information content (AvgIpc) is 3.72. The summed E-state index contributed by atoms with van der Waals surface area (Å²) in [5.74, 6) is 5.43. The molecule has 11 nitrogen and oxygen atoms in total. The van der Waals surface area contributed by atoms with Gasteiger partial charge in [0.2, 0.25) is 5.91 Å². The van der Waals surface area contributed by atoms with Crippen LogP contribution in [0.4, 0.5) is 5.82 Å². The van der Waals surface area contributed by atoms with Crippen LogP contribution >= 0.6 is 0 Å². The predicted octanol–water partition coefficient (Wildman–Crippen LogP) is 2.75. The molecule has 0 radical (unpaired) electrons. The monoisotopic (exact) mass is 575 g/mol. The Bertz CT molecular complexity index is 1960. The van der Waals surface area contributed by atoms with Crippen LogP contribution in [0.15, 0.2) is 78.1 Å². The maximum Gasteiger partial charge on any atom is 0.264 e. The summed E-state index contributed by atoms with van der Waals surface area (Å²) in [5, 5.41) is 6.86. The zero-order chi connectivity index (χ0) is 29.9. The van der Waals surface area contributed by atoms with Crippen LogP contribution in [0, 0.1) is 11.8 Å². The topological polar surface area (TPSA) is 146 Å². The van der Waals surface area contributed by atoms with Gasteiger partial charge < -0.3 is 21.1 Å². The summed E-state index contributed by atoms with van der Waals surface area (Å²) in [6.07, 6.45) is 5.86. The lowest BCUT2D eigenvalue weighted by Gasteiger charge is -2.21. The number of aromatic nitrogens is 4. The van der Waals surface area contributed by atoms with Crippen molar-refractivity contribution in [3.63, 3.8) is 0 Å². The third kappa shape index (κ3) is 5.43. The molecule has 6 rings (SSSR count). The molecule has 1 saturated heterocycles. The molecule has 0 aliphatic carbocycles. The Morgan fingerprint density at radius 3 is 2.79 bits per heavy atom. The number of imidazole rings is 1. The SMILES string of the molecule is C[C@H](NC(=O)c1c(N)ncn2ccnc12)c1cc2cccc(C#CCNC(=O)[C@H]3CCCO3)c2c(=O)n1-c1ccccc1. The highest BCUT2D eigenvalue weighted by molar-refractivity contribution is 6.04. The van der Waals surface area contributed by atoms with Crippen molar-refractivity contribution in [1.82, 2.24) is 29.6 Å². The number of hydrogen-bond acceptors (Lipinski definition) is 7. The van der Waals surface area contributed by atoms with Crippen LogP contribution in [0.25, 0.3) is 22.1 Å². The van der Waals surface area contributed by atoms with E-state index >= 15 is 0 Å². The first-order valence-corrected chi connectivity index (χ1v) is 13.9. The number of para-hydroxylation sites is 1. The molecule has 2 aromatic carbocycles. The van der Waals surface area contributed by atoms with Crippen molar-refractivity contribution in [2.45, 2.75) is 31.9 Å². The smallest absolute Gasteiger partial charge is 0.264 e. The minimum Gasteiger partial charge on any atom is -0.383 e. The van der Waals surface area contributed by atoms with Gasteiger partial charge in [-0.25, -0.2) is 9.97 Å². The lowest BCUT2D eigenvalue weighted by atomic mass is 10.0. The first-order chi connectivity index (χ1) is 20.9. The lowest BCUT2D eigenvalue weighted by Crippen LogP contribution is -2.34. The van der Waals surface area contributed by atoms with Gasteiger partial charge in [-0.1, -0.05) is 42.2 Å². The Labute approximate surface area is 246 Å². The highest BCUT2D eigenvalue weighted by Crippen LogP contribution is 2.24. The van der Waals surface area contributed by atoms with Crippen LogP contribution in [-0.2, 0) is 9.53 Å². The maximum absolute atomic E-state index is 14.2. The van der Waals surface area contributed by atoms with Gasteiger partial charge in [-0.15, -0.1) is 0 Å². The van der Waals surface area contributed by atoms with Gasteiger partial charge in [-0.2, -0.15) is 0 Å². The molecule has 1 aliphatic heterocycles. The predicted molar refractivity (Wildman–Crippen MR) is 162 cm³/mol. The maximum atomic E-state index is 14.2. The van der Waals surface area contributed by atoms with E-state index in [1.54, 1.807) is 34.4 Å². The van der Waals surface area contributed by atoms with E-state index in [1.807, 2.05) is 48.5 Å². The summed E-state index contributed by atoms with van der Waals surface area (Å²) in [6.45, 7) is 2.52. The third-order valence-electron chi connectivity index (χ3n) is 7.37. The van der Waals surface area contributed by atoms with Crippen LogP contribution < -0.4 is 21.9 Å². The number of benzene rings is 2. The molecule has 3 aromatic heterocycles. The number of carbonyl (C=O) groups is 2. The number of nitrogens with two attached hydrogens (primary N) is 1. The van der Waals surface area contributed by atoms with Crippen molar-refractivity contribution >= 4 is 34.1 Å². The number of nitrogen functional groups attached to an aromatic ring is 1. The number of hydrogen-bond donors (Lipinski definition) is 3. The summed E-state index contributed by atoms with van der Waals surface area (Å²) in [6, 6.07) is 15.9. The molecule has 4 heterocycles. The number of amides is 2. The van der Waals surface area contributed by atoms with E-state index in [2.05, 4.69) is 32.4 Å². The number of anilines is 1. The Morgan fingerprint density at radius 2 is 2.00 bits per heavy atom. The minimum atomic E-state index is -0.609. The average molecular weight is 576 g/mol. The van der Waals surface area contributed by atoms with Crippen LogP contribution in [-0.4, -0.2) is 50.0 Å². The Morgan fingerprint density at radius 1 is 1.16 bits per heavy atom. The summed E-state index contributed by atoms with van der Waals surface area (Å²) in [7, 11) is 0. The van der Waals surface area contributed by atoms with Crippen molar-refractivity contribution in [3.8, 4) is 17.5 Å². The molecular weight excluding hydrogens is 546 g/mol. The summed E-state index contributed by atoms with van der Waals surface area (Å²) in [5.41, 5.74) is 8.05. The van der Waals surface area contributed by atoms with Crippen LogP contribution in [0.2, 0.25) is 0 Å². The van der Waals surface area contributed by atoms with E-state index < -0.39 is 18.1 Å². The highest BCUT2D eigenvalue weighted by Gasteiger charge is 2.24. The van der Waals surface area contributed by atoms with Crippen molar-refractivity contribution in [1.29, 1.82) is 0 Å². The molecule has 0 saturated carbocycles. The molecule has 4 N–H and O–H groups in total. The molecular formula is C32H29N7O4. The summed E-state index contributed by atoms with van der Waals surface area (Å²) < 4.78 is 8.61. The van der Waals surface area contributed by atoms with E-state index in [0.29, 0.717) is 46.4 Å². The van der Waals surface area contributed by atoms with Gasteiger partial charge in [0, 0.05) is 35.9 Å². The highest BCUT2D eigenvalue weighted by atomic mass is 16.5. The molecule has 11 heteroatoms. The van der Waals surface area contributed by atoms with Crippen molar-refractivity contribution in [2.24, 2.45) is 0 Å². The standard InChI is InChI=1S/C32H29N7O4/c1-20(37-31(41)27-28(33)36-19-38-16-15-34-29(27)38)24-18-22-9-5-8-21(10-6-14-35-30(40)25-13-7-17-43-25)26(22)32(42)39(24)23-11-3-2-4-12-23/h2-5,8-9,11-12,15-16,18-20,25H,7,13-14,17,33H2,1H3,(H,35,40)(H,37,41)/t20-,25+/m0/s1. The van der Waals surface area contributed by atoms with Crippen molar-refractivity contribution in [3.05, 3.63) is 100 Å². The van der Waals surface area contributed by atoms with Crippen LogP contribution in [0.3, 0.4) is 0 Å². The molecule has 2 atom stereocenters. The number of pyridine rings is 1. The third-order valence-corrected chi connectivity index (χ3v) is 7.37. The lowest BCUT2D eigenvalue weighted by molar-refractivity contribution is -0.129. The van der Waals surface area contributed by atoms with E-state index in [9.17, 15) is 14.4 Å². The zero-order valence-corrected chi connectivity index (χ0v) is 23.4. The van der Waals surface area contributed by atoms with Gasteiger partial charge in [0.15, 0.2) is 5.65 Å². The quantitative estimate of drug-likeness (QED) is 0.264. The van der Waals surface area contributed by atoms with E-state index in [1.165, 1.54) is 6.33 Å². The van der Waals surface area contributed by atoms with Crippen molar-refractivity contribution < 1.29 is 14.3 Å². The second-order valence-electron chi connectivity index (χ2n) is 10.2. The minimum absolute atomic E-state index is 0.0533. The second-order valence-corrected chi connectivity index (χ2v) is 10.2. The van der Waals surface area contributed by atoms with E-state index in [4.69, 9.17) is 10.5 Å². The summed E-state index contributed by atoms with van der Waals surface area (Å²) >= 11 is 0. The first kappa shape index (κ1) is 27.7. The molecule has 0 bridgehead atoms. The Hall–Kier alpha value is -5.47. The van der Waals surface area contributed by atoms with Crippen LogP contribution in [0.1, 0.15) is 47.4 Å². The fourth-order valence-corrected chi connectivity index (χ4v) is 5.28. The number of nitrogens with zero attached hydrogens (tertiary/aromatic N) is 4. The number of fused-ring (bicyclic) bond motifs is 2. The molecule has 2 amide bonds. The first-order valence-electron chi connectivity index (χ1n) is 13.9. The molecule has 43 heavy (non-hydrogen) atoms. The molecule has 5 aromatic rings. The summed E-state index contributed by atoms with van der Waals surface area (Å²) in [4.78, 5) is 48.3. The molecule has 0 unspecified atom stereocenters. The Kier molecular flexibility index (Phi) is 7.59. The van der Waals surface area contributed by atoms with Gasteiger partial charge in [-0.3, -0.25) is 23.4 Å². The normalized spacial score (nSPS) is 15.1. The zero-order valence-electron chi connectivity index (χ0n) is 23.4. The van der Waals surface area contributed by atoms with Gasteiger partial charge in [-0.05, 0) is 49.4 Å². The number of rotatable bonds is 6. The molecule has 0 spiro atoms. The molecule has 216 valence electrons. The largest absolute Gasteiger partial charge is 0.383 e. The van der Waals surface area contributed by atoms with E-state index in [0.717, 1.165) is 6.42 Å². The van der Waals surface area contributed by atoms with Gasteiger partial charge in [0.05, 0.1) is 18.0 Å². The fourth-order valence-electron chi connectivity index (χ4n) is 5.28. The number of ether oxygens (including phenoxy) is 1. The molecule has 1 aliphatic rings.